The molecule has 4 nitrogen and oxygen atoms in total. The summed E-state index contributed by atoms with van der Waals surface area (Å²) in [5.41, 5.74) is 4.09. The molecule has 0 unspecified atom stereocenters. The van der Waals surface area contributed by atoms with Crippen LogP contribution >= 0.6 is 22.7 Å². The van der Waals surface area contributed by atoms with Crippen LogP contribution in [0.25, 0.3) is 16.3 Å². The molecule has 0 bridgehead atoms. The van der Waals surface area contributed by atoms with Gasteiger partial charge in [0.25, 0.3) is 0 Å². The van der Waals surface area contributed by atoms with Gasteiger partial charge in [-0.2, -0.15) is 0 Å². The van der Waals surface area contributed by atoms with E-state index in [2.05, 4.69) is 15.3 Å². The summed E-state index contributed by atoms with van der Waals surface area (Å²) in [5, 5.41) is 7.67. The van der Waals surface area contributed by atoms with Crippen LogP contribution in [-0.4, -0.2) is 14.4 Å². The Morgan fingerprint density at radius 2 is 2.04 bits per heavy atom. The number of benzene rings is 1. The van der Waals surface area contributed by atoms with E-state index in [0.717, 1.165) is 27.6 Å². The lowest BCUT2D eigenvalue weighted by Crippen LogP contribution is -1.94. The largest absolute Gasteiger partial charge is 0.329 e. The van der Waals surface area contributed by atoms with Crippen LogP contribution in [0.2, 0.25) is 0 Å². The maximum atomic E-state index is 13.9. The van der Waals surface area contributed by atoms with Gasteiger partial charge in [-0.3, -0.25) is 4.40 Å². The number of hydrogen-bond donors (Lipinski definition) is 1. The average Bonchev–Trinajstić information content (AvgIpc) is 3.18. The van der Waals surface area contributed by atoms with Crippen molar-refractivity contribution in [2.75, 3.05) is 5.32 Å². The number of halogens is 1. The Morgan fingerprint density at radius 1 is 1.17 bits per heavy atom. The van der Waals surface area contributed by atoms with E-state index in [1.165, 1.54) is 17.4 Å². The molecule has 0 saturated heterocycles. The van der Waals surface area contributed by atoms with Gasteiger partial charge in [0, 0.05) is 17.0 Å². The van der Waals surface area contributed by atoms with E-state index in [-0.39, 0.29) is 5.82 Å². The van der Waals surface area contributed by atoms with E-state index in [4.69, 9.17) is 0 Å². The van der Waals surface area contributed by atoms with Gasteiger partial charge >= 0.3 is 0 Å². The van der Waals surface area contributed by atoms with Crippen molar-refractivity contribution in [3.8, 4) is 11.4 Å². The molecule has 0 saturated carbocycles. The van der Waals surface area contributed by atoms with Gasteiger partial charge in [-0.1, -0.05) is 6.07 Å². The number of nitrogens with zero attached hydrogens (tertiary/aromatic N) is 3. The summed E-state index contributed by atoms with van der Waals surface area (Å²) < 4.78 is 16.0. The fourth-order valence-corrected chi connectivity index (χ4v) is 3.95. The second-order valence-electron chi connectivity index (χ2n) is 5.25. The third-order valence-electron chi connectivity index (χ3n) is 3.55. The van der Waals surface area contributed by atoms with Gasteiger partial charge in [0.05, 0.1) is 17.1 Å². The fraction of sp³-hybridized carbons (Fsp3) is 0.125. The number of fused-ring (bicyclic) bond motifs is 1. The van der Waals surface area contributed by atoms with E-state index >= 15 is 0 Å². The van der Waals surface area contributed by atoms with Gasteiger partial charge in [0.15, 0.2) is 10.1 Å². The molecule has 0 aliphatic rings. The number of hydrogen-bond acceptors (Lipinski definition) is 5. The Balaban J connectivity index is 1.69. The van der Waals surface area contributed by atoms with E-state index < -0.39 is 0 Å². The van der Waals surface area contributed by atoms with Crippen LogP contribution in [-0.2, 0) is 0 Å². The Morgan fingerprint density at radius 3 is 2.87 bits per heavy atom. The molecule has 0 aliphatic heterocycles. The minimum Gasteiger partial charge on any atom is -0.329 e. The third-order valence-corrected chi connectivity index (χ3v) is 5.06. The lowest BCUT2D eigenvalue weighted by Gasteiger charge is -2.04. The van der Waals surface area contributed by atoms with Crippen molar-refractivity contribution in [1.82, 2.24) is 14.4 Å². The normalized spacial score (nSPS) is 11.3. The van der Waals surface area contributed by atoms with Crippen LogP contribution < -0.4 is 5.32 Å². The zero-order valence-corrected chi connectivity index (χ0v) is 14.1. The second kappa shape index (κ2) is 5.43. The van der Waals surface area contributed by atoms with Gasteiger partial charge < -0.3 is 5.32 Å². The number of imidazole rings is 1. The lowest BCUT2D eigenvalue weighted by atomic mass is 10.2. The Bertz CT molecular complexity index is 999. The third kappa shape index (κ3) is 2.51. The highest BCUT2D eigenvalue weighted by Gasteiger charge is 2.15. The molecule has 116 valence electrons. The fourth-order valence-electron chi connectivity index (χ4n) is 2.48. The van der Waals surface area contributed by atoms with Gasteiger partial charge in [-0.25, -0.2) is 14.4 Å². The first kappa shape index (κ1) is 14.3. The lowest BCUT2D eigenvalue weighted by molar-refractivity contribution is 0.630. The summed E-state index contributed by atoms with van der Waals surface area (Å²) in [5.74, 6) is -0.275. The number of nitrogens with one attached hydrogen (secondary N) is 1. The SMILES string of the molecule is Cc1ccc(Nc2nc(-c3c(C)nc4sccn34)cs2)c(F)c1. The molecule has 0 aliphatic carbocycles. The van der Waals surface area contributed by atoms with E-state index in [1.54, 1.807) is 17.4 Å². The van der Waals surface area contributed by atoms with Crippen molar-refractivity contribution in [2.45, 2.75) is 13.8 Å². The summed E-state index contributed by atoms with van der Waals surface area (Å²) >= 11 is 3.04. The molecule has 23 heavy (non-hydrogen) atoms. The molecule has 1 aromatic carbocycles. The Labute approximate surface area is 140 Å². The second-order valence-corrected chi connectivity index (χ2v) is 6.98. The first-order chi connectivity index (χ1) is 11.1. The number of anilines is 2. The standard InChI is InChI=1S/C16H13FN4S2/c1-9-3-4-12(11(17)7-9)19-15-20-13(8-23-15)14-10(2)18-16-21(14)5-6-22-16/h3-8H,1-2H3,(H,19,20). The van der Waals surface area contributed by atoms with Crippen molar-refractivity contribution >= 4 is 38.5 Å². The van der Waals surface area contributed by atoms with Gasteiger partial charge in [-0.05, 0) is 31.5 Å². The first-order valence-corrected chi connectivity index (χ1v) is 8.79. The summed E-state index contributed by atoms with van der Waals surface area (Å²) in [6.07, 6.45) is 1.99. The molecule has 3 heterocycles. The van der Waals surface area contributed by atoms with Crippen LogP contribution in [0.15, 0.2) is 35.2 Å². The minimum atomic E-state index is -0.275. The highest BCUT2D eigenvalue weighted by atomic mass is 32.1. The zero-order valence-electron chi connectivity index (χ0n) is 12.5. The highest BCUT2D eigenvalue weighted by molar-refractivity contribution is 7.15. The molecule has 4 aromatic rings. The number of aryl methyl sites for hydroxylation is 2. The molecule has 0 atom stereocenters. The zero-order chi connectivity index (χ0) is 16.0. The summed E-state index contributed by atoms with van der Waals surface area (Å²) in [4.78, 5) is 10.1. The number of rotatable bonds is 3. The van der Waals surface area contributed by atoms with Crippen LogP contribution in [0.5, 0.6) is 0 Å². The number of thiazole rings is 2. The molecule has 0 amide bonds. The average molecular weight is 344 g/mol. The van der Waals surface area contributed by atoms with Crippen LogP contribution in [0, 0.1) is 19.7 Å². The molecule has 0 fully saturated rings. The van der Waals surface area contributed by atoms with Crippen molar-refractivity contribution < 1.29 is 4.39 Å². The predicted octanol–water partition coefficient (Wildman–Crippen LogP) is 5.02. The number of aromatic nitrogens is 3. The smallest absolute Gasteiger partial charge is 0.194 e. The summed E-state index contributed by atoms with van der Waals surface area (Å²) in [6.45, 7) is 3.84. The molecular weight excluding hydrogens is 331 g/mol. The van der Waals surface area contributed by atoms with Gasteiger partial charge in [-0.15, -0.1) is 22.7 Å². The van der Waals surface area contributed by atoms with Crippen LogP contribution in [0.3, 0.4) is 0 Å². The Hall–Kier alpha value is -2.25. The molecule has 4 rings (SSSR count). The maximum Gasteiger partial charge on any atom is 0.194 e. The van der Waals surface area contributed by atoms with Crippen molar-refractivity contribution in [3.05, 3.63) is 52.2 Å². The van der Waals surface area contributed by atoms with Crippen molar-refractivity contribution in [1.29, 1.82) is 0 Å². The monoisotopic (exact) mass is 344 g/mol. The highest BCUT2D eigenvalue weighted by Crippen LogP contribution is 2.31. The van der Waals surface area contributed by atoms with Gasteiger partial charge in [0.1, 0.15) is 11.5 Å². The molecule has 7 heteroatoms. The maximum absolute atomic E-state index is 13.9. The van der Waals surface area contributed by atoms with Gasteiger partial charge in [0.2, 0.25) is 0 Å². The quantitative estimate of drug-likeness (QED) is 0.567. The minimum absolute atomic E-state index is 0.275. The van der Waals surface area contributed by atoms with E-state index in [9.17, 15) is 4.39 Å². The molecule has 0 spiro atoms. The summed E-state index contributed by atoms with van der Waals surface area (Å²) in [6, 6.07) is 5.11. The van der Waals surface area contributed by atoms with Crippen LogP contribution in [0.1, 0.15) is 11.3 Å². The van der Waals surface area contributed by atoms with Crippen molar-refractivity contribution in [2.24, 2.45) is 0 Å². The molecule has 1 N–H and O–H groups in total. The first-order valence-electron chi connectivity index (χ1n) is 7.03. The topological polar surface area (TPSA) is 42.2 Å². The predicted molar refractivity (Wildman–Crippen MR) is 93.3 cm³/mol. The summed E-state index contributed by atoms with van der Waals surface area (Å²) in [7, 11) is 0. The van der Waals surface area contributed by atoms with E-state index in [0.29, 0.717) is 10.8 Å². The molecule has 3 aromatic heterocycles. The molecular formula is C16H13FN4S2. The van der Waals surface area contributed by atoms with Crippen molar-refractivity contribution in [3.63, 3.8) is 0 Å². The van der Waals surface area contributed by atoms with Crippen LogP contribution in [0.4, 0.5) is 15.2 Å². The Kier molecular flexibility index (Phi) is 3.39. The van der Waals surface area contributed by atoms with E-state index in [1.807, 2.05) is 41.3 Å². The molecule has 0 radical (unpaired) electrons.